The van der Waals surface area contributed by atoms with E-state index < -0.39 is 17.0 Å². The molecular weight excluding hydrogens is 313 g/mol. The number of rotatable bonds is 8. The lowest BCUT2D eigenvalue weighted by atomic mass is 10.2. The molecule has 0 amide bonds. The van der Waals surface area contributed by atoms with Gasteiger partial charge < -0.3 is 33.5 Å². The fourth-order valence-corrected chi connectivity index (χ4v) is 3.84. The van der Waals surface area contributed by atoms with Crippen LogP contribution in [0.5, 0.6) is 0 Å². The van der Waals surface area contributed by atoms with Crippen molar-refractivity contribution in [2.24, 2.45) is 0 Å². The standard InChI is InChI=1S/C11H23BN2O5P2/c1-2-20(15)18-11-5-9(13-6-11)8-17-21(16)19-10-3-4-14(12)7-10/h9-11,13,15-16H,2-8H2,1H3. The van der Waals surface area contributed by atoms with Gasteiger partial charge in [0.15, 0.2) is 16.4 Å². The zero-order valence-corrected chi connectivity index (χ0v) is 14.0. The molecule has 2 aliphatic heterocycles. The summed E-state index contributed by atoms with van der Waals surface area (Å²) in [5, 5.41) is 3.26. The summed E-state index contributed by atoms with van der Waals surface area (Å²) in [6.45, 7) is 4.37. The Bertz CT molecular complexity index is 320. The highest BCUT2D eigenvalue weighted by Crippen LogP contribution is 2.38. The molecule has 2 heterocycles. The lowest BCUT2D eigenvalue weighted by molar-refractivity contribution is 0.142. The first-order chi connectivity index (χ1) is 10.1. The summed E-state index contributed by atoms with van der Waals surface area (Å²) in [5.41, 5.74) is 0. The van der Waals surface area contributed by atoms with E-state index in [0.717, 1.165) is 19.4 Å². The molecule has 5 unspecified atom stereocenters. The van der Waals surface area contributed by atoms with Crippen LogP contribution in [0.1, 0.15) is 19.8 Å². The van der Waals surface area contributed by atoms with Gasteiger partial charge in [-0.1, -0.05) is 6.92 Å². The molecule has 3 N–H and O–H groups in total. The number of nitrogens with zero attached hydrogens (tertiary/aromatic N) is 1. The first-order valence-corrected chi connectivity index (χ1v) is 9.74. The highest BCUT2D eigenvalue weighted by Gasteiger charge is 2.29. The molecule has 0 aromatic rings. The second-order valence-electron chi connectivity index (χ2n) is 5.28. The minimum absolute atomic E-state index is 0.0149. The van der Waals surface area contributed by atoms with Gasteiger partial charge in [-0.25, -0.2) is 0 Å². The summed E-state index contributed by atoms with van der Waals surface area (Å²) in [5.74, 6) is 0. The van der Waals surface area contributed by atoms with Crippen molar-refractivity contribution in [3.63, 3.8) is 0 Å². The summed E-state index contributed by atoms with van der Waals surface area (Å²) in [7, 11) is 2.46. The Kier molecular flexibility index (Phi) is 7.77. The summed E-state index contributed by atoms with van der Waals surface area (Å²) in [6.07, 6.45) is 2.18. The molecular formula is C11H23BN2O5P2. The fraction of sp³-hybridized carbons (Fsp3) is 1.00. The average Bonchev–Trinajstić information content (AvgIpc) is 3.06. The van der Waals surface area contributed by atoms with E-state index in [4.69, 9.17) is 21.6 Å². The van der Waals surface area contributed by atoms with E-state index in [-0.39, 0.29) is 18.2 Å². The normalized spacial score (nSPS) is 33.4. The molecule has 0 bridgehead atoms. The predicted molar refractivity (Wildman–Crippen MR) is 82.9 cm³/mol. The van der Waals surface area contributed by atoms with Gasteiger partial charge in [-0.3, -0.25) is 0 Å². The largest absolute Gasteiger partial charge is 0.351 e. The summed E-state index contributed by atoms with van der Waals surface area (Å²) in [4.78, 5) is 21.0. The highest BCUT2D eigenvalue weighted by molar-refractivity contribution is 7.46. The minimum atomic E-state index is -1.87. The van der Waals surface area contributed by atoms with Gasteiger partial charge in [0.25, 0.3) is 0 Å². The monoisotopic (exact) mass is 336 g/mol. The quantitative estimate of drug-likeness (QED) is 0.439. The fourth-order valence-electron chi connectivity index (χ4n) is 2.39. The maximum atomic E-state index is 9.77. The van der Waals surface area contributed by atoms with Crippen LogP contribution in [0, 0.1) is 0 Å². The lowest BCUT2D eigenvalue weighted by Crippen LogP contribution is -2.26. The third kappa shape index (κ3) is 6.34. The molecule has 120 valence electrons. The molecule has 2 aliphatic rings. The van der Waals surface area contributed by atoms with E-state index in [1.165, 1.54) is 0 Å². The van der Waals surface area contributed by atoms with Crippen LogP contribution in [-0.2, 0) is 13.6 Å². The Morgan fingerprint density at radius 1 is 1.33 bits per heavy atom. The summed E-state index contributed by atoms with van der Waals surface area (Å²) in [6, 6.07) is 0.116. The van der Waals surface area contributed by atoms with Crippen molar-refractivity contribution in [1.29, 1.82) is 0 Å². The molecule has 2 fully saturated rings. The Labute approximate surface area is 129 Å². The third-order valence-electron chi connectivity index (χ3n) is 3.52. The Morgan fingerprint density at radius 2 is 2.14 bits per heavy atom. The van der Waals surface area contributed by atoms with Crippen LogP contribution in [0.15, 0.2) is 0 Å². The van der Waals surface area contributed by atoms with Crippen LogP contribution in [0.2, 0.25) is 0 Å². The van der Waals surface area contributed by atoms with E-state index >= 15 is 0 Å². The number of hydrogen-bond donors (Lipinski definition) is 3. The lowest BCUT2D eigenvalue weighted by Gasteiger charge is -2.18. The summed E-state index contributed by atoms with van der Waals surface area (Å²) < 4.78 is 16.3. The molecule has 10 heteroatoms. The van der Waals surface area contributed by atoms with Gasteiger partial charge in [0, 0.05) is 25.3 Å². The molecule has 2 radical (unpaired) electrons. The van der Waals surface area contributed by atoms with E-state index in [2.05, 4.69) is 5.32 Å². The van der Waals surface area contributed by atoms with Crippen LogP contribution < -0.4 is 5.32 Å². The Hall–Kier alpha value is 0.645. The van der Waals surface area contributed by atoms with Crippen molar-refractivity contribution >= 4 is 25.0 Å². The van der Waals surface area contributed by atoms with Crippen LogP contribution >= 0.6 is 17.0 Å². The van der Waals surface area contributed by atoms with E-state index in [1.54, 1.807) is 4.81 Å². The van der Waals surface area contributed by atoms with Gasteiger partial charge in [-0.15, -0.1) is 0 Å². The van der Waals surface area contributed by atoms with E-state index in [1.807, 2.05) is 6.92 Å². The molecule has 0 saturated carbocycles. The van der Waals surface area contributed by atoms with Gasteiger partial charge in [0.05, 0.1) is 18.8 Å². The van der Waals surface area contributed by atoms with Crippen molar-refractivity contribution in [2.75, 3.05) is 32.4 Å². The maximum Gasteiger partial charge on any atom is 0.330 e. The second kappa shape index (κ2) is 9.07. The molecule has 7 nitrogen and oxygen atoms in total. The second-order valence-corrected chi connectivity index (χ2v) is 7.77. The van der Waals surface area contributed by atoms with Gasteiger partial charge in [0.1, 0.15) is 0 Å². The molecule has 0 aromatic carbocycles. The van der Waals surface area contributed by atoms with Crippen molar-refractivity contribution in [1.82, 2.24) is 10.1 Å². The Morgan fingerprint density at radius 3 is 2.81 bits per heavy atom. The van der Waals surface area contributed by atoms with Gasteiger partial charge >= 0.3 is 8.60 Å². The predicted octanol–water partition coefficient (Wildman–Crippen LogP) is 0.468. The molecule has 21 heavy (non-hydrogen) atoms. The van der Waals surface area contributed by atoms with Crippen LogP contribution in [0.4, 0.5) is 0 Å². The third-order valence-corrected chi connectivity index (χ3v) is 5.46. The van der Waals surface area contributed by atoms with E-state index in [9.17, 15) is 9.79 Å². The van der Waals surface area contributed by atoms with Crippen LogP contribution in [-0.4, -0.2) is 73.2 Å². The zero-order valence-electron chi connectivity index (χ0n) is 12.2. The van der Waals surface area contributed by atoms with Crippen molar-refractivity contribution in [3.05, 3.63) is 0 Å². The molecule has 0 spiro atoms. The smallest absolute Gasteiger partial charge is 0.330 e. The SMILES string of the molecule is [B]N1CCC(OP(O)OCC2CC(OP(O)CC)CN2)C1. The molecule has 0 aliphatic carbocycles. The number of hydrogen-bond acceptors (Lipinski definition) is 7. The van der Waals surface area contributed by atoms with Gasteiger partial charge in [-0.2, -0.15) is 0 Å². The average molecular weight is 336 g/mol. The minimum Gasteiger partial charge on any atom is -0.351 e. The van der Waals surface area contributed by atoms with Crippen molar-refractivity contribution in [2.45, 2.75) is 38.0 Å². The molecule has 5 atom stereocenters. The Balaban J connectivity index is 1.58. The maximum absolute atomic E-state index is 9.77. The first-order valence-electron chi connectivity index (χ1n) is 7.21. The molecule has 2 saturated heterocycles. The molecule has 2 rings (SSSR count). The summed E-state index contributed by atoms with van der Waals surface area (Å²) >= 11 is 0. The van der Waals surface area contributed by atoms with Crippen molar-refractivity contribution in [3.8, 4) is 0 Å². The zero-order chi connectivity index (χ0) is 15.2. The number of nitrogens with one attached hydrogen (secondary N) is 1. The van der Waals surface area contributed by atoms with Gasteiger partial charge in [0.2, 0.25) is 0 Å². The van der Waals surface area contributed by atoms with Crippen LogP contribution in [0.25, 0.3) is 0 Å². The van der Waals surface area contributed by atoms with Crippen LogP contribution in [0.3, 0.4) is 0 Å². The van der Waals surface area contributed by atoms with Gasteiger partial charge in [-0.05, 0) is 19.4 Å². The van der Waals surface area contributed by atoms with E-state index in [0.29, 0.717) is 25.9 Å². The first kappa shape index (κ1) is 18.0. The highest BCUT2D eigenvalue weighted by atomic mass is 31.2. The van der Waals surface area contributed by atoms with Crippen molar-refractivity contribution < 1.29 is 23.4 Å². The molecule has 0 aromatic heterocycles. The topological polar surface area (TPSA) is 83.4 Å².